The molecule has 0 spiro atoms. The van der Waals surface area contributed by atoms with Gasteiger partial charge in [-0.25, -0.2) is 9.18 Å². The third-order valence-electron chi connectivity index (χ3n) is 3.38. The lowest BCUT2D eigenvalue weighted by atomic mass is 10.1. The molecule has 0 saturated carbocycles. The van der Waals surface area contributed by atoms with Gasteiger partial charge in [-0.15, -0.1) is 0 Å². The van der Waals surface area contributed by atoms with E-state index in [4.69, 9.17) is 4.74 Å². The highest BCUT2D eigenvalue weighted by atomic mass is 79.9. The first-order valence-electron chi connectivity index (χ1n) is 7.77. The van der Waals surface area contributed by atoms with Gasteiger partial charge in [-0.2, -0.15) is 0 Å². The van der Waals surface area contributed by atoms with Crippen molar-refractivity contribution >= 4 is 21.9 Å². The van der Waals surface area contributed by atoms with Gasteiger partial charge in [0.05, 0.1) is 12.2 Å². The number of unbranched alkanes of at least 4 members (excludes halogenated alkanes) is 7. The second-order valence-electron chi connectivity index (χ2n) is 5.23. The first-order chi connectivity index (χ1) is 10.1. The Morgan fingerprint density at radius 3 is 2.33 bits per heavy atom. The predicted octanol–water partition coefficient (Wildman–Crippen LogP) is 5.89. The summed E-state index contributed by atoms with van der Waals surface area (Å²) in [4.78, 5) is 11.8. The zero-order valence-electron chi connectivity index (χ0n) is 12.7. The quantitative estimate of drug-likeness (QED) is 0.385. The molecule has 0 aromatic heterocycles. The van der Waals surface area contributed by atoms with E-state index in [-0.39, 0.29) is 5.82 Å². The summed E-state index contributed by atoms with van der Waals surface area (Å²) >= 11 is 3.17. The van der Waals surface area contributed by atoms with Crippen molar-refractivity contribution in [3.05, 3.63) is 34.1 Å². The van der Waals surface area contributed by atoms with E-state index in [1.54, 1.807) is 0 Å². The minimum absolute atomic E-state index is 0.371. The molecule has 4 heteroatoms. The van der Waals surface area contributed by atoms with Crippen molar-refractivity contribution in [1.29, 1.82) is 0 Å². The smallest absolute Gasteiger partial charge is 0.339 e. The topological polar surface area (TPSA) is 26.3 Å². The molecule has 2 nitrogen and oxygen atoms in total. The van der Waals surface area contributed by atoms with Crippen LogP contribution in [0, 0.1) is 5.82 Å². The molecule has 0 bridgehead atoms. The van der Waals surface area contributed by atoms with Crippen LogP contribution in [-0.4, -0.2) is 12.6 Å². The average Bonchev–Trinajstić information content (AvgIpc) is 2.45. The average molecular weight is 359 g/mol. The molecule has 118 valence electrons. The number of carbonyl (C=O) groups excluding carboxylic acids is 1. The van der Waals surface area contributed by atoms with E-state index in [1.165, 1.54) is 56.7 Å². The van der Waals surface area contributed by atoms with Gasteiger partial charge in [0.2, 0.25) is 0 Å². The summed E-state index contributed by atoms with van der Waals surface area (Å²) in [7, 11) is 0. The van der Waals surface area contributed by atoms with Crippen molar-refractivity contribution in [3.63, 3.8) is 0 Å². The standard InChI is InChI=1S/C17H24BrFO2/c1-2-3-4-5-6-7-8-9-12-21-17(20)15-11-10-14(19)13-16(15)18/h10-11,13H,2-9,12H2,1H3. The first kappa shape index (κ1) is 18.1. The summed E-state index contributed by atoms with van der Waals surface area (Å²) in [6, 6.07) is 3.97. The van der Waals surface area contributed by atoms with Crippen LogP contribution in [0.3, 0.4) is 0 Å². The number of esters is 1. The van der Waals surface area contributed by atoms with Crippen molar-refractivity contribution in [2.75, 3.05) is 6.61 Å². The number of hydrogen-bond donors (Lipinski definition) is 0. The molecule has 1 rings (SSSR count). The zero-order valence-corrected chi connectivity index (χ0v) is 14.3. The molecule has 1 aromatic rings. The lowest BCUT2D eigenvalue weighted by molar-refractivity contribution is 0.0496. The Kier molecular flexibility index (Phi) is 9.31. The molecule has 0 unspecified atom stereocenters. The Balaban J connectivity index is 2.11. The van der Waals surface area contributed by atoms with Crippen LogP contribution in [0.1, 0.15) is 68.6 Å². The molecular weight excluding hydrogens is 335 g/mol. The van der Waals surface area contributed by atoms with E-state index in [2.05, 4.69) is 22.9 Å². The van der Waals surface area contributed by atoms with Crippen LogP contribution in [0.5, 0.6) is 0 Å². The predicted molar refractivity (Wildman–Crippen MR) is 87.0 cm³/mol. The molecule has 0 amide bonds. The molecular formula is C17H24BrFO2. The van der Waals surface area contributed by atoms with Gasteiger partial charge in [0, 0.05) is 4.47 Å². The number of halogens is 2. The minimum Gasteiger partial charge on any atom is -0.462 e. The zero-order chi connectivity index (χ0) is 15.5. The van der Waals surface area contributed by atoms with Crippen molar-refractivity contribution < 1.29 is 13.9 Å². The van der Waals surface area contributed by atoms with Crippen molar-refractivity contribution in [3.8, 4) is 0 Å². The van der Waals surface area contributed by atoms with Crippen LogP contribution in [0.15, 0.2) is 22.7 Å². The molecule has 0 atom stereocenters. The largest absolute Gasteiger partial charge is 0.462 e. The molecule has 0 saturated heterocycles. The van der Waals surface area contributed by atoms with E-state index < -0.39 is 5.97 Å². The molecule has 21 heavy (non-hydrogen) atoms. The second kappa shape index (κ2) is 10.8. The Morgan fingerprint density at radius 1 is 1.10 bits per heavy atom. The van der Waals surface area contributed by atoms with E-state index in [1.807, 2.05) is 0 Å². The second-order valence-corrected chi connectivity index (χ2v) is 6.09. The third-order valence-corrected chi connectivity index (χ3v) is 4.04. The van der Waals surface area contributed by atoms with Gasteiger partial charge >= 0.3 is 5.97 Å². The highest BCUT2D eigenvalue weighted by Crippen LogP contribution is 2.19. The van der Waals surface area contributed by atoms with Gasteiger partial charge < -0.3 is 4.74 Å². The van der Waals surface area contributed by atoms with Crippen LogP contribution >= 0.6 is 15.9 Å². The van der Waals surface area contributed by atoms with Gasteiger partial charge in [0.15, 0.2) is 0 Å². The highest BCUT2D eigenvalue weighted by molar-refractivity contribution is 9.10. The molecule has 1 aromatic carbocycles. The number of rotatable bonds is 10. The van der Waals surface area contributed by atoms with Gasteiger partial charge in [-0.05, 0) is 40.5 Å². The summed E-state index contributed by atoms with van der Waals surface area (Å²) < 4.78 is 18.6. The lowest BCUT2D eigenvalue weighted by Gasteiger charge is -2.06. The Hall–Kier alpha value is -0.900. The van der Waals surface area contributed by atoms with Crippen molar-refractivity contribution in [1.82, 2.24) is 0 Å². The Labute approximate surface area is 135 Å². The van der Waals surface area contributed by atoms with E-state index in [0.29, 0.717) is 16.6 Å². The van der Waals surface area contributed by atoms with E-state index in [9.17, 15) is 9.18 Å². The summed E-state index contributed by atoms with van der Waals surface area (Å²) in [6.07, 6.45) is 9.65. The SMILES string of the molecule is CCCCCCCCCCOC(=O)c1ccc(F)cc1Br. The fraction of sp³-hybridized carbons (Fsp3) is 0.588. The maximum absolute atomic E-state index is 12.9. The Bertz CT molecular complexity index is 435. The molecule has 0 heterocycles. The van der Waals surface area contributed by atoms with Gasteiger partial charge in [0.1, 0.15) is 5.82 Å². The molecule has 0 fully saturated rings. The number of ether oxygens (including phenoxy) is 1. The monoisotopic (exact) mass is 358 g/mol. The number of carbonyl (C=O) groups is 1. The van der Waals surface area contributed by atoms with Gasteiger partial charge in [-0.1, -0.05) is 51.9 Å². The van der Waals surface area contributed by atoms with E-state index in [0.717, 1.165) is 12.8 Å². The van der Waals surface area contributed by atoms with Crippen LogP contribution in [-0.2, 0) is 4.74 Å². The van der Waals surface area contributed by atoms with Crippen LogP contribution < -0.4 is 0 Å². The Morgan fingerprint density at radius 2 is 1.71 bits per heavy atom. The summed E-state index contributed by atoms with van der Waals surface area (Å²) in [5, 5.41) is 0. The van der Waals surface area contributed by atoms with Crippen molar-refractivity contribution in [2.45, 2.75) is 58.3 Å². The third kappa shape index (κ3) is 7.60. The fourth-order valence-electron chi connectivity index (χ4n) is 2.13. The number of hydrogen-bond acceptors (Lipinski definition) is 2. The maximum atomic E-state index is 12.9. The van der Waals surface area contributed by atoms with Gasteiger partial charge in [-0.3, -0.25) is 0 Å². The number of benzene rings is 1. The lowest BCUT2D eigenvalue weighted by Crippen LogP contribution is -2.07. The maximum Gasteiger partial charge on any atom is 0.339 e. The minimum atomic E-state index is -0.398. The molecule has 0 radical (unpaired) electrons. The van der Waals surface area contributed by atoms with Crippen molar-refractivity contribution in [2.24, 2.45) is 0 Å². The van der Waals surface area contributed by atoms with Gasteiger partial charge in [0.25, 0.3) is 0 Å². The highest BCUT2D eigenvalue weighted by Gasteiger charge is 2.11. The molecule has 0 aliphatic carbocycles. The summed E-state index contributed by atoms with van der Waals surface area (Å²) in [5.41, 5.74) is 0.371. The first-order valence-corrected chi connectivity index (χ1v) is 8.56. The fourth-order valence-corrected chi connectivity index (χ4v) is 2.65. The summed E-state index contributed by atoms with van der Waals surface area (Å²) in [6.45, 7) is 2.64. The van der Waals surface area contributed by atoms with Crippen LogP contribution in [0.4, 0.5) is 4.39 Å². The van der Waals surface area contributed by atoms with E-state index >= 15 is 0 Å². The molecule has 0 aliphatic rings. The molecule has 0 N–H and O–H groups in total. The summed E-state index contributed by atoms with van der Waals surface area (Å²) in [5.74, 6) is -0.772. The normalized spacial score (nSPS) is 10.6. The molecule has 0 aliphatic heterocycles. The van der Waals surface area contributed by atoms with Crippen LogP contribution in [0.25, 0.3) is 0 Å². The van der Waals surface area contributed by atoms with Crippen LogP contribution in [0.2, 0.25) is 0 Å².